The second-order valence-corrected chi connectivity index (χ2v) is 6.97. The van der Waals surface area contributed by atoms with Gasteiger partial charge in [-0.15, -0.1) is 0 Å². The van der Waals surface area contributed by atoms with Crippen molar-refractivity contribution in [2.45, 2.75) is 20.1 Å². The summed E-state index contributed by atoms with van der Waals surface area (Å²) in [5, 5.41) is 3.56. The Morgan fingerprint density at radius 3 is 2.62 bits per heavy atom. The van der Waals surface area contributed by atoms with Crippen molar-refractivity contribution in [3.8, 4) is 5.75 Å². The molecule has 0 unspecified atom stereocenters. The number of nitrogens with one attached hydrogen (secondary N) is 2. The van der Waals surface area contributed by atoms with Gasteiger partial charge in [0.25, 0.3) is 5.91 Å². The van der Waals surface area contributed by atoms with Crippen molar-refractivity contribution < 1.29 is 13.9 Å². The number of H-pyrrole nitrogens is 1. The van der Waals surface area contributed by atoms with Crippen LogP contribution in [-0.2, 0) is 13.2 Å². The Balaban J connectivity index is 1.37. The zero-order chi connectivity index (χ0) is 20.2. The Kier molecular flexibility index (Phi) is 5.29. The molecular formula is C24H21FN2O2. The van der Waals surface area contributed by atoms with Crippen molar-refractivity contribution in [2.75, 3.05) is 0 Å². The monoisotopic (exact) mass is 388 g/mol. The molecule has 146 valence electrons. The number of hydrogen-bond donors (Lipinski definition) is 2. The number of aromatic nitrogens is 1. The number of aryl methyl sites for hydroxylation is 1. The minimum atomic E-state index is -0.325. The molecule has 3 aromatic carbocycles. The SMILES string of the molecule is Cc1cc(CNC(=O)c2cc3cc(F)ccc3[nH]2)ccc1OCc1ccccc1. The van der Waals surface area contributed by atoms with Crippen LogP contribution in [-0.4, -0.2) is 10.9 Å². The highest BCUT2D eigenvalue weighted by atomic mass is 19.1. The van der Waals surface area contributed by atoms with Crippen LogP contribution < -0.4 is 10.1 Å². The molecule has 1 heterocycles. The minimum absolute atomic E-state index is 0.233. The number of carbonyl (C=O) groups is 1. The average Bonchev–Trinajstić information content (AvgIpc) is 3.15. The zero-order valence-corrected chi connectivity index (χ0v) is 16.0. The topological polar surface area (TPSA) is 54.1 Å². The number of aromatic amines is 1. The Hall–Kier alpha value is -3.60. The molecule has 4 nitrogen and oxygen atoms in total. The Morgan fingerprint density at radius 2 is 1.83 bits per heavy atom. The van der Waals surface area contributed by atoms with Gasteiger partial charge in [-0.25, -0.2) is 4.39 Å². The van der Waals surface area contributed by atoms with Gasteiger partial charge in [0.2, 0.25) is 0 Å². The van der Waals surface area contributed by atoms with Crippen LogP contribution in [0.1, 0.15) is 27.2 Å². The van der Waals surface area contributed by atoms with E-state index >= 15 is 0 Å². The molecule has 0 spiro atoms. The number of benzene rings is 3. The maximum Gasteiger partial charge on any atom is 0.267 e. The quantitative estimate of drug-likeness (QED) is 0.481. The van der Waals surface area contributed by atoms with E-state index in [-0.39, 0.29) is 11.7 Å². The Labute approximate surface area is 168 Å². The Bertz CT molecular complexity index is 1150. The number of rotatable bonds is 6. The fraction of sp³-hybridized carbons (Fsp3) is 0.125. The lowest BCUT2D eigenvalue weighted by molar-refractivity contribution is 0.0946. The van der Waals surface area contributed by atoms with E-state index in [1.165, 1.54) is 12.1 Å². The maximum absolute atomic E-state index is 13.3. The van der Waals surface area contributed by atoms with Crippen LogP contribution in [0.3, 0.4) is 0 Å². The lowest BCUT2D eigenvalue weighted by Gasteiger charge is -2.11. The summed E-state index contributed by atoms with van der Waals surface area (Å²) in [6, 6.07) is 21.9. The number of fused-ring (bicyclic) bond motifs is 1. The van der Waals surface area contributed by atoms with Crippen LogP contribution in [0.25, 0.3) is 10.9 Å². The predicted octanol–water partition coefficient (Wildman–Crippen LogP) is 5.12. The number of carbonyl (C=O) groups excluding carboxylic acids is 1. The molecule has 1 amide bonds. The summed E-state index contributed by atoms with van der Waals surface area (Å²) >= 11 is 0. The Morgan fingerprint density at radius 1 is 1.00 bits per heavy atom. The highest BCUT2D eigenvalue weighted by molar-refractivity contribution is 5.97. The van der Waals surface area contributed by atoms with Gasteiger partial charge in [-0.2, -0.15) is 0 Å². The van der Waals surface area contributed by atoms with Crippen molar-refractivity contribution in [3.05, 3.63) is 101 Å². The number of hydrogen-bond acceptors (Lipinski definition) is 2. The predicted molar refractivity (Wildman–Crippen MR) is 111 cm³/mol. The van der Waals surface area contributed by atoms with Gasteiger partial charge >= 0.3 is 0 Å². The molecule has 0 atom stereocenters. The lowest BCUT2D eigenvalue weighted by Crippen LogP contribution is -2.23. The number of ether oxygens (including phenoxy) is 1. The van der Waals surface area contributed by atoms with Crippen molar-refractivity contribution in [1.29, 1.82) is 0 Å². The summed E-state index contributed by atoms with van der Waals surface area (Å²) < 4.78 is 19.2. The molecule has 0 bridgehead atoms. The summed E-state index contributed by atoms with van der Waals surface area (Å²) in [4.78, 5) is 15.4. The molecule has 29 heavy (non-hydrogen) atoms. The van der Waals surface area contributed by atoms with E-state index in [1.807, 2.05) is 55.5 Å². The standard InChI is InChI=1S/C24H21FN2O2/c1-16-11-18(7-10-23(16)29-15-17-5-3-2-4-6-17)14-26-24(28)22-13-19-12-20(25)8-9-21(19)27-22/h2-13,27H,14-15H2,1H3,(H,26,28). The minimum Gasteiger partial charge on any atom is -0.489 e. The smallest absolute Gasteiger partial charge is 0.267 e. The summed E-state index contributed by atoms with van der Waals surface area (Å²) in [6.45, 7) is 2.89. The largest absolute Gasteiger partial charge is 0.489 e. The van der Waals surface area contributed by atoms with Gasteiger partial charge in [-0.05, 0) is 53.9 Å². The maximum atomic E-state index is 13.3. The first-order valence-electron chi connectivity index (χ1n) is 9.41. The second kappa shape index (κ2) is 8.19. The van der Waals surface area contributed by atoms with Crippen LogP contribution >= 0.6 is 0 Å². The third-order valence-corrected chi connectivity index (χ3v) is 4.76. The van der Waals surface area contributed by atoms with Crippen LogP contribution in [0, 0.1) is 12.7 Å². The molecular weight excluding hydrogens is 367 g/mol. The molecule has 0 aliphatic rings. The van der Waals surface area contributed by atoms with Gasteiger partial charge in [-0.1, -0.05) is 42.5 Å². The molecule has 0 aliphatic carbocycles. The highest BCUT2D eigenvalue weighted by Crippen LogP contribution is 2.21. The van der Waals surface area contributed by atoms with Crippen molar-refractivity contribution in [2.24, 2.45) is 0 Å². The van der Waals surface area contributed by atoms with E-state index in [2.05, 4.69) is 10.3 Å². The van der Waals surface area contributed by atoms with Gasteiger partial charge in [-0.3, -0.25) is 4.79 Å². The summed E-state index contributed by atoms with van der Waals surface area (Å²) in [7, 11) is 0. The third kappa shape index (κ3) is 4.46. The van der Waals surface area contributed by atoms with Gasteiger partial charge < -0.3 is 15.0 Å². The first kappa shape index (κ1) is 18.7. The van der Waals surface area contributed by atoms with Crippen LogP contribution in [0.15, 0.2) is 72.8 Å². The van der Waals surface area contributed by atoms with Gasteiger partial charge in [0.15, 0.2) is 0 Å². The van der Waals surface area contributed by atoms with E-state index in [1.54, 1.807) is 12.1 Å². The van der Waals surface area contributed by atoms with Gasteiger partial charge in [0.05, 0.1) is 0 Å². The van der Waals surface area contributed by atoms with Gasteiger partial charge in [0, 0.05) is 17.4 Å². The third-order valence-electron chi connectivity index (χ3n) is 4.76. The first-order chi connectivity index (χ1) is 14.1. The number of amides is 1. The summed E-state index contributed by atoms with van der Waals surface area (Å²) in [6.07, 6.45) is 0. The van der Waals surface area contributed by atoms with E-state index in [0.29, 0.717) is 24.2 Å². The molecule has 1 aromatic heterocycles. The molecule has 0 saturated carbocycles. The average molecular weight is 388 g/mol. The van der Waals surface area contributed by atoms with E-state index in [9.17, 15) is 9.18 Å². The normalized spacial score (nSPS) is 10.8. The van der Waals surface area contributed by atoms with Gasteiger partial charge in [0.1, 0.15) is 23.9 Å². The molecule has 0 radical (unpaired) electrons. The van der Waals surface area contributed by atoms with Crippen molar-refractivity contribution in [3.63, 3.8) is 0 Å². The fourth-order valence-corrected chi connectivity index (χ4v) is 3.22. The molecule has 0 aliphatic heterocycles. The molecule has 5 heteroatoms. The van der Waals surface area contributed by atoms with E-state index in [0.717, 1.165) is 28.0 Å². The molecule has 4 aromatic rings. The highest BCUT2D eigenvalue weighted by Gasteiger charge is 2.10. The first-order valence-corrected chi connectivity index (χ1v) is 9.41. The van der Waals surface area contributed by atoms with E-state index < -0.39 is 0 Å². The lowest BCUT2D eigenvalue weighted by atomic mass is 10.1. The van der Waals surface area contributed by atoms with Crippen LogP contribution in [0.4, 0.5) is 4.39 Å². The van der Waals surface area contributed by atoms with Crippen molar-refractivity contribution in [1.82, 2.24) is 10.3 Å². The molecule has 0 fully saturated rings. The van der Waals surface area contributed by atoms with Crippen molar-refractivity contribution >= 4 is 16.8 Å². The van der Waals surface area contributed by atoms with E-state index in [4.69, 9.17) is 4.74 Å². The van der Waals surface area contributed by atoms with Crippen LogP contribution in [0.5, 0.6) is 5.75 Å². The molecule has 4 rings (SSSR count). The second-order valence-electron chi connectivity index (χ2n) is 6.97. The molecule has 2 N–H and O–H groups in total. The summed E-state index contributed by atoms with van der Waals surface area (Å²) in [5.41, 5.74) is 4.23. The summed E-state index contributed by atoms with van der Waals surface area (Å²) in [5.74, 6) is 0.263. The molecule has 0 saturated heterocycles. The van der Waals surface area contributed by atoms with Crippen LogP contribution in [0.2, 0.25) is 0 Å². The number of halogens is 1. The zero-order valence-electron chi connectivity index (χ0n) is 16.0. The fourth-order valence-electron chi connectivity index (χ4n) is 3.22.